The highest BCUT2D eigenvalue weighted by Crippen LogP contribution is 2.18. The second-order valence-corrected chi connectivity index (χ2v) is 19.8. The first-order valence-electron chi connectivity index (χ1n) is 27.0. The van der Waals surface area contributed by atoms with Crippen LogP contribution in [0.1, 0.15) is 164 Å². The standard InChI is InChI=1S/2C13H18O3.2C13H18O2.C12H16O2/c1-10(2)9-16-12-6-3-11(4-7-12)5-8-13(14)15;1-10(2)9-16-12-5-3-4-11(8-12)6-7-13(14)15;1-10(2)12-8-6-11(7-9-12)4-3-5-13(14)15;1-2-11-7-9-12(10-8-11)5-3-4-6-13(14)15;1-2-10-6-8-11(9-7-10)4-3-5-12(13)14/h3-4,6-7,10H,5,8-9H2,1-2H3,(H,14,15);3-5,8,10H,6-7,9H2,1-2H3,(H,14,15);6-10H,3-5H2,1-2H3,(H,14,15);7-10H,2-6H2,1H3,(H,14,15);6-9H,2-5H2,1H3,(H,13,14). The highest BCUT2D eigenvalue weighted by Gasteiger charge is 2.05. The smallest absolute Gasteiger partial charge is 0.303 e. The van der Waals surface area contributed by atoms with Gasteiger partial charge in [-0.05, 0) is 157 Å². The Hall–Kier alpha value is -6.95. The lowest BCUT2D eigenvalue weighted by Gasteiger charge is -2.09. The second-order valence-electron chi connectivity index (χ2n) is 19.8. The highest BCUT2D eigenvalue weighted by molar-refractivity contribution is 5.68. The summed E-state index contributed by atoms with van der Waals surface area (Å²) < 4.78 is 11.1. The quantitative estimate of drug-likeness (QED) is 0.0297. The monoisotopic (exact) mass is 1050 g/mol. The summed E-state index contributed by atoms with van der Waals surface area (Å²) in [5.41, 5.74) is 9.79. The van der Waals surface area contributed by atoms with Crippen molar-refractivity contribution in [1.29, 1.82) is 0 Å². The molecule has 0 aliphatic rings. The van der Waals surface area contributed by atoms with E-state index in [1.807, 2.05) is 48.5 Å². The molecule has 0 spiro atoms. The molecule has 0 saturated carbocycles. The maximum atomic E-state index is 10.4. The fourth-order valence-electron chi connectivity index (χ4n) is 7.02. The molecule has 12 heteroatoms. The van der Waals surface area contributed by atoms with Gasteiger partial charge in [-0.3, -0.25) is 24.0 Å². The summed E-state index contributed by atoms with van der Waals surface area (Å²) in [6.07, 6.45) is 10.2. The summed E-state index contributed by atoms with van der Waals surface area (Å²) in [6.45, 7) is 18.4. The van der Waals surface area contributed by atoms with Crippen molar-refractivity contribution in [1.82, 2.24) is 0 Å². The molecule has 416 valence electrons. The molecule has 5 rings (SSSR count). The van der Waals surface area contributed by atoms with Crippen LogP contribution in [-0.4, -0.2) is 68.6 Å². The zero-order valence-electron chi connectivity index (χ0n) is 46.6. The molecule has 0 amide bonds. The molecule has 0 atom stereocenters. The van der Waals surface area contributed by atoms with Crippen LogP contribution in [0.4, 0.5) is 0 Å². The lowest BCUT2D eigenvalue weighted by molar-refractivity contribution is -0.138. The maximum Gasteiger partial charge on any atom is 0.303 e. The second kappa shape index (κ2) is 40.4. The van der Waals surface area contributed by atoms with Gasteiger partial charge >= 0.3 is 29.8 Å². The van der Waals surface area contributed by atoms with Crippen molar-refractivity contribution in [2.75, 3.05) is 13.2 Å². The van der Waals surface area contributed by atoms with Crippen LogP contribution in [0, 0.1) is 11.8 Å². The lowest BCUT2D eigenvalue weighted by Crippen LogP contribution is -2.04. The van der Waals surface area contributed by atoms with Gasteiger partial charge in [0.05, 0.1) is 13.2 Å². The van der Waals surface area contributed by atoms with E-state index in [0.29, 0.717) is 43.8 Å². The number of rotatable bonds is 28. The third-order valence-electron chi connectivity index (χ3n) is 11.6. The molecule has 0 aliphatic heterocycles. The third kappa shape index (κ3) is 36.1. The van der Waals surface area contributed by atoms with Crippen molar-refractivity contribution >= 4 is 29.8 Å². The summed E-state index contributed by atoms with van der Waals surface area (Å²) in [6, 6.07) is 40.6. The average Bonchev–Trinajstić information content (AvgIpc) is 3.39. The van der Waals surface area contributed by atoms with Gasteiger partial charge in [0, 0.05) is 32.1 Å². The molecule has 0 saturated heterocycles. The summed E-state index contributed by atoms with van der Waals surface area (Å²) in [5.74, 6) is -0.453. The molecule has 0 aliphatic carbocycles. The molecule has 0 heterocycles. The van der Waals surface area contributed by atoms with E-state index in [1.165, 1.54) is 33.4 Å². The Kier molecular flexibility index (Phi) is 35.6. The Labute approximate surface area is 453 Å². The molecule has 0 fully saturated rings. The van der Waals surface area contributed by atoms with Crippen LogP contribution in [0.25, 0.3) is 0 Å². The number of carboxylic acids is 5. The molecule has 0 radical (unpaired) electrons. The van der Waals surface area contributed by atoms with Gasteiger partial charge in [-0.2, -0.15) is 0 Å². The Bertz CT molecular complexity index is 2350. The van der Waals surface area contributed by atoms with E-state index in [9.17, 15) is 24.0 Å². The van der Waals surface area contributed by atoms with Crippen molar-refractivity contribution in [2.24, 2.45) is 11.8 Å². The van der Waals surface area contributed by atoms with Crippen LogP contribution in [0.15, 0.2) is 121 Å². The fraction of sp³-hybridized carbons (Fsp3) is 0.453. The Balaban J connectivity index is 0.000000475. The largest absolute Gasteiger partial charge is 0.493 e. The first kappa shape index (κ1) is 67.1. The minimum absolute atomic E-state index is 0.160. The minimum atomic E-state index is -0.770. The van der Waals surface area contributed by atoms with Crippen LogP contribution < -0.4 is 9.47 Å². The number of hydrogen-bond donors (Lipinski definition) is 5. The first-order chi connectivity index (χ1) is 36.2. The van der Waals surface area contributed by atoms with Gasteiger partial charge < -0.3 is 35.0 Å². The van der Waals surface area contributed by atoms with E-state index in [-0.39, 0.29) is 32.1 Å². The Morgan fingerprint density at radius 3 is 1.11 bits per heavy atom. The van der Waals surface area contributed by atoms with Gasteiger partial charge in [-0.1, -0.05) is 152 Å². The van der Waals surface area contributed by atoms with E-state index in [1.54, 1.807) is 0 Å². The van der Waals surface area contributed by atoms with E-state index in [4.69, 9.17) is 35.0 Å². The highest BCUT2D eigenvalue weighted by atomic mass is 16.5. The van der Waals surface area contributed by atoms with E-state index in [0.717, 1.165) is 80.4 Å². The van der Waals surface area contributed by atoms with Gasteiger partial charge in [-0.25, -0.2) is 0 Å². The molecular formula is C64H88O12. The van der Waals surface area contributed by atoms with Crippen molar-refractivity contribution < 1.29 is 59.0 Å². The topological polar surface area (TPSA) is 205 Å². The van der Waals surface area contributed by atoms with Crippen LogP contribution in [0.3, 0.4) is 0 Å². The van der Waals surface area contributed by atoms with E-state index < -0.39 is 29.8 Å². The molecule has 12 nitrogen and oxygen atoms in total. The normalized spacial score (nSPS) is 10.4. The van der Waals surface area contributed by atoms with Gasteiger partial charge in [0.15, 0.2) is 0 Å². The molecule has 0 aromatic heterocycles. The summed E-state index contributed by atoms with van der Waals surface area (Å²) >= 11 is 0. The summed E-state index contributed by atoms with van der Waals surface area (Å²) in [5, 5.41) is 42.6. The zero-order chi connectivity index (χ0) is 56.7. The van der Waals surface area contributed by atoms with E-state index in [2.05, 4.69) is 128 Å². The minimum Gasteiger partial charge on any atom is -0.493 e. The predicted molar refractivity (Wildman–Crippen MR) is 304 cm³/mol. The number of carboxylic acid groups (broad SMARTS) is 5. The predicted octanol–water partition coefficient (Wildman–Crippen LogP) is 14.4. The molecule has 5 aromatic rings. The van der Waals surface area contributed by atoms with Gasteiger partial charge in [-0.15, -0.1) is 0 Å². The number of aliphatic carboxylic acids is 5. The number of benzene rings is 5. The third-order valence-corrected chi connectivity index (χ3v) is 11.6. The van der Waals surface area contributed by atoms with E-state index >= 15 is 0 Å². The van der Waals surface area contributed by atoms with Gasteiger partial charge in [0.2, 0.25) is 0 Å². The van der Waals surface area contributed by atoms with Crippen molar-refractivity contribution in [3.63, 3.8) is 0 Å². The Morgan fingerprint density at radius 2 is 0.711 bits per heavy atom. The Morgan fingerprint density at radius 1 is 0.368 bits per heavy atom. The molecule has 5 N–H and O–H groups in total. The fourth-order valence-corrected chi connectivity index (χ4v) is 7.02. The number of ether oxygens (including phenoxy) is 2. The SMILES string of the molecule is CC(C)COc1ccc(CCC(=O)O)cc1.CC(C)COc1cccc(CCC(=O)O)c1.CC(C)c1ccc(CCCC(=O)O)cc1.CCc1ccc(CCCC(=O)O)cc1.CCc1ccc(CCCCC(=O)O)cc1. The number of unbranched alkanes of at least 4 members (excludes halogenated alkanes) is 1. The van der Waals surface area contributed by atoms with Crippen LogP contribution in [0.5, 0.6) is 11.5 Å². The number of hydrogen-bond acceptors (Lipinski definition) is 7. The van der Waals surface area contributed by atoms with Crippen LogP contribution >= 0.6 is 0 Å². The maximum absolute atomic E-state index is 10.4. The van der Waals surface area contributed by atoms with Crippen molar-refractivity contribution in [2.45, 2.75) is 164 Å². The number of aryl methyl sites for hydroxylation is 7. The van der Waals surface area contributed by atoms with Gasteiger partial charge in [0.25, 0.3) is 0 Å². The zero-order valence-corrected chi connectivity index (χ0v) is 46.6. The van der Waals surface area contributed by atoms with Crippen molar-refractivity contribution in [3.05, 3.63) is 166 Å². The first-order valence-corrected chi connectivity index (χ1v) is 27.0. The van der Waals surface area contributed by atoms with Crippen LogP contribution in [0.2, 0.25) is 0 Å². The molecule has 0 unspecified atom stereocenters. The molecule has 5 aromatic carbocycles. The molecule has 76 heavy (non-hydrogen) atoms. The van der Waals surface area contributed by atoms with Crippen molar-refractivity contribution in [3.8, 4) is 11.5 Å². The summed E-state index contributed by atoms with van der Waals surface area (Å²) in [4.78, 5) is 51.8. The van der Waals surface area contributed by atoms with Gasteiger partial charge in [0.1, 0.15) is 11.5 Å². The average molecular weight is 1050 g/mol. The summed E-state index contributed by atoms with van der Waals surface area (Å²) in [7, 11) is 0. The molecule has 0 bridgehead atoms. The van der Waals surface area contributed by atoms with Crippen LogP contribution in [-0.2, 0) is 68.9 Å². The lowest BCUT2D eigenvalue weighted by atomic mass is 10.00. The molecular weight excluding hydrogens is 961 g/mol. The number of carbonyl (C=O) groups is 5.